The molecule has 0 saturated carbocycles. The number of amides is 1. The van der Waals surface area contributed by atoms with Crippen molar-refractivity contribution in [2.24, 2.45) is 0 Å². The summed E-state index contributed by atoms with van der Waals surface area (Å²) in [4.78, 5) is 11.5. The molecule has 0 aliphatic rings. The zero-order valence-corrected chi connectivity index (χ0v) is 11.2. The molecule has 0 spiro atoms. The first-order valence-electron chi connectivity index (χ1n) is 5.78. The fourth-order valence-electron chi connectivity index (χ4n) is 1.27. The second-order valence-corrected chi connectivity index (χ2v) is 4.65. The molecule has 0 aliphatic heterocycles. The van der Waals surface area contributed by atoms with Crippen LogP contribution in [-0.4, -0.2) is 24.5 Å². The Labute approximate surface area is 107 Å². The third-order valence-electron chi connectivity index (χ3n) is 2.14. The molecule has 0 aliphatic carbocycles. The second kappa shape index (κ2) is 8.01. The van der Waals surface area contributed by atoms with E-state index in [0.717, 1.165) is 30.2 Å². The molecule has 0 fully saturated rings. The van der Waals surface area contributed by atoms with E-state index in [1.807, 2.05) is 30.5 Å². The molecule has 1 rings (SSSR count). The molecule has 0 bridgehead atoms. The number of hydrogen-bond acceptors (Lipinski definition) is 3. The molecule has 0 aromatic heterocycles. The minimum atomic E-state index is 0.0570. The fourth-order valence-corrected chi connectivity index (χ4v) is 1.66. The lowest BCUT2D eigenvalue weighted by Crippen LogP contribution is -2.11. The Morgan fingerprint density at radius 1 is 1.35 bits per heavy atom. The molecular formula is C13H19NO2S. The summed E-state index contributed by atoms with van der Waals surface area (Å²) in [6.07, 6.45) is 3.54. The lowest BCUT2D eigenvalue weighted by molar-refractivity contribution is -0.115. The van der Waals surface area contributed by atoms with Crippen molar-refractivity contribution in [3.8, 4) is 5.75 Å². The molecule has 0 unspecified atom stereocenters. The first-order valence-corrected chi connectivity index (χ1v) is 7.17. The van der Waals surface area contributed by atoms with Gasteiger partial charge in [0.05, 0.1) is 6.61 Å². The van der Waals surface area contributed by atoms with Gasteiger partial charge in [-0.05, 0) is 36.9 Å². The van der Waals surface area contributed by atoms with Crippen molar-refractivity contribution in [2.75, 3.05) is 23.9 Å². The maximum atomic E-state index is 11.5. The van der Waals surface area contributed by atoms with Gasteiger partial charge in [0.25, 0.3) is 0 Å². The summed E-state index contributed by atoms with van der Waals surface area (Å²) in [7, 11) is 0. The molecule has 1 N–H and O–H groups in total. The summed E-state index contributed by atoms with van der Waals surface area (Å²) in [5, 5.41) is 2.85. The molecule has 4 heteroatoms. The van der Waals surface area contributed by atoms with Crippen LogP contribution in [0.4, 0.5) is 5.69 Å². The van der Waals surface area contributed by atoms with Crippen LogP contribution in [0.15, 0.2) is 24.3 Å². The summed E-state index contributed by atoms with van der Waals surface area (Å²) in [5.74, 6) is 1.75. The highest BCUT2D eigenvalue weighted by molar-refractivity contribution is 7.98. The van der Waals surface area contributed by atoms with Gasteiger partial charge in [0.15, 0.2) is 0 Å². The van der Waals surface area contributed by atoms with E-state index in [1.165, 1.54) is 0 Å². The quantitative estimate of drug-likeness (QED) is 0.811. The number of rotatable bonds is 7. The number of carbonyl (C=O) groups excluding carboxylic acids is 1. The molecule has 17 heavy (non-hydrogen) atoms. The molecule has 0 radical (unpaired) electrons. The Kier molecular flexibility index (Phi) is 6.55. The van der Waals surface area contributed by atoms with Crippen LogP contribution in [0, 0.1) is 0 Å². The third-order valence-corrected chi connectivity index (χ3v) is 2.76. The van der Waals surface area contributed by atoms with Crippen molar-refractivity contribution in [1.82, 2.24) is 0 Å². The van der Waals surface area contributed by atoms with Crippen LogP contribution >= 0.6 is 11.8 Å². The molecule has 1 aromatic carbocycles. The van der Waals surface area contributed by atoms with Gasteiger partial charge in [-0.25, -0.2) is 0 Å². The molecule has 94 valence electrons. The fraction of sp³-hybridized carbons (Fsp3) is 0.462. The normalized spacial score (nSPS) is 10.0. The lowest BCUT2D eigenvalue weighted by atomic mass is 10.3. The first-order chi connectivity index (χ1) is 8.26. The van der Waals surface area contributed by atoms with Gasteiger partial charge in [0, 0.05) is 17.9 Å². The van der Waals surface area contributed by atoms with E-state index in [-0.39, 0.29) is 5.91 Å². The molecule has 0 saturated heterocycles. The van der Waals surface area contributed by atoms with E-state index in [2.05, 4.69) is 12.2 Å². The highest BCUT2D eigenvalue weighted by Gasteiger charge is 2.01. The van der Waals surface area contributed by atoms with E-state index < -0.39 is 0 Å². The van der Waals surface area contributed by atoms with Gasteiger partial charge in [-0.15, -0.1) is 0 Å². The van der Waals surface area contributed by atoms with Gasteiger partial charge in [0.1, 0.15) is 5.75 Å². The van der Waals surface area contributed by atoms with Crippen molar-refractivity contribution in [3.05, 3.63) is 24.3 Å². The van der Waals surface area contributed by atoms with Crippen LogP contribution < -0.4 is 10.1 Å². The maximum Gasteiger partial charge on any atom is 0.225 e. The van der Waals surface area contributed by atoms with Gasteiger partial charge in [-0.2, -0.15) is 11.8 Å². The molecule has 3 nitrogen and oxygen atoms in total. The van der Waals surface area contributed by atoms with Crippen molar-refractivity contribution in [1.29, 1.82) is 0 Å². The van der Waals surface area contributed by atoms with E-state index >= 15 is 0 Å². The number of thioether (sulfide) groups is 1. The van der Waals surface area contributed by atoms with Crippen LogP contribution in [-0.2, 0) is 4.79 Å². The number of benzene rings is 1. The largest absolute Gasteiger partial charge is 0.494 e. The van der Waals surface area contributed by atoms with Crippen LogP contribution in [0.5, 0.6) is 5.75 Å². The Morgan fingerprint density at radius 2 is 2.06 bits per heavy atom. The molecule has 0 atom stereocenters. The third kappa shape index (κ3) is 5.63. The van der Waals surface area contributed by atoms with E-state index in [0.29, 0.717) is 6.42 Å². The van der Waals surface area contributed by atoms with Crippen LogP contribution in [0.25, 0.3) is 0 Å². The minimum Gasteiger partial charge on any atom is -0.494 e. The summed E-state index contributed by atoms with van der Waals surface area (Å²) in [5.41, 5.74) is 0.819. The predicted molar refractivity (Wildman–Crippen MR) is 73.9 cm³/mol. The number of hydrogen-bond donors (Lipinski definition) is 1. The van der Waals surface area contributed by atoms with Gasteiger partial charge in [-0.3, -0.25) is 4.79 Å². The van der Waals surface area contributed by atoms with E-state index in [1.54, 1.807) is 11.8 Å². The Morgan fingerprint density at radius 3 is 2.65 bits per heavy atom. The van der Waals surface area contributed by atoms with Crippen LogP contribution in [0.2, 0.25) is 0 Å². The van der Waals surface area contributed by atoms with E-state index in [9.17, 15) is 4.79 Å². The number of anilines is 1. The monoisotopic (exact) mass is 253 g/mol. The van der Waals surface area contributed by atoms with Crippen molar-refractivity contribution >= 4 is 23.4 Å². The standard InChI is InChI=1S/C13H19NO2S/c1-3-9-16-12-6-4-11(5-7-12)14-13(15)8-10-17-2/h4-7H,3,8-10H2,1-2H3,(H,14,15). The lowest BCUT2D eigenvalue weighted by Gasteiger charge is -2.07. The highest BCUT2D eigenvalue weighted by atomic mass is 32.2. The zero-order chi connectivity index (χ0) is 12.5. The SMILES string of the molecule is CCCOc1ccc(NC(=O)CCSC)cc1. The topological polar surface area (TPSA) is 38.3 Å². The zero-order valence-electron chi connectivity index (χ0n) is 10.4. The van der Waals surface area contributed by atoms with Crippen LogP contribution in [0.3, 0.4) is 0 Å². The Hall–Kier alpha value is -1.16. The molecular weight excluding hydrogens is 234 g/mol. The number of nitrogens with one attached hydrogen (secondary N) is 1. The Balaban J connectivity index is 2.42. The highest BCUT2D eigenvalue weighted by Crippen LogP contribution is 2.16. The van der Waals surface area contributed by atoms with Crippen LogP contribution in [0.1, 0.15) is 19.8 Å². The smallest absolute Gasteiger partial charge is 0.225 e. The van der Waals surface area contributed by atoms with Crippen molar-refractivity contribution in [2.45, 2.75) is 19.8 Å². The summed E-state index contributed by atoms with van der Waals surface area (Å²) < 4.78 is 5.46. The van der Waals surface area contributed by atoms with Crippen molar-refractivity contribution < 1.29 is 9.53 Å². The maximum absolute atomic E-state index is 11.5. The van der Waals surface area contributed by atoms with Gasteiger partial charge in [0.2, 0.25) is 5.91 Å². The first kappa shape index (κ1) is 13.9. The van der Waals surface area contributed by atoms with Gasteiger partial charge < -0.3 is 10.1 Å². The van der Waals surface area contributed by atoms with Gasteiger partial charge >= 0.3 is 0 Å². The Bertz CT molecular complexity index is 338. The minimum absolute atomic E-state index is 0.0570. The summed E-state index contributed by atoms with van der Waals surface area (Å²) in [6.45, 7) is 2.79. The predicted octanol–water partition coefficient (Wildman–Crippen LogP) is 3.17. The van der Waals surface area contributed by atoms with Crippen molar-refractivity contribution in [3.63, 3.8) is 0 Å². The summed E-state index contributed by atoms with van der Waals surface area (Å²) in [6, 6.07) is 7.48. The van der Waals surface area contributed by atoms with Gasteiger partial charge in [-0.1, -0.05) is 6.92 Å². The second-order valence-electron chi connectivity index (χ2n) is 3.66. The average Bonchev–Trinajstić information content (AvgIpc) is 2.35. The number of ether oxygens (including phenoxy) is 1. The average molecular weight is 253 g/mol. The molecule has 0 heterocycles. The molecule has 1 amide bonds. The summed E-state index contributed by atoms with van der Waals surface area (Å²) >= 11 is 1.67. The van der Waals surface area contributed by atoms with E-state index in [4.69, 9.17) is 4.74 Å². The number of carbonyl (C=O) groups is 1. The molecule has 1 aromatic rings.